The van der Waals surface area contributed by atoms with Crippen molar-refractivity contribution in [2.75, 3.05) is 0 Å². The number of alkyl halides is 3. The van der Waals surface area contributed by atoms with E-state index in [0.29, 0.717) is 0 Å². The summed E-state index contributed by atoms with van der Waals surface area (Å²) in [7, 11) is 0. The van der Waals surface area contributed by atoms with Crippen molar-refractivity contribution in [3.63, 3.8) is 0 Å². The first-order chi connectivity index (χ1) is 10.5. The van der Waals surface area contributed by atoms with E-state index in [9.17, 15) is 13.2 Å². The first-order valence-corrected chi connectivity index (χ1v) is 6.90. The molecule has 0 saturated heterocycles. The average molecular weight is 307 g/mol. The molecule has 0 aliphatic heterocycles. The molecule has 5 heteroatoms. The number of oxime groups is 1. The van der Waals surface area contributed by atoms with Gasteiger partial charge in [-0.3, -0.25) is 0 Å². The van der Waals surface area contributed by atoms with Crippen LogP contribution in [0.1, 0.15) is 29.2 Å². The van der Waals surface area contributed by atoms with Gasteiger partial charge >= 0.3 is 6.18 Å². The highest BCUT2D eigenvalue weighted by Crippen LogP contribution is 2.32. The van der Waals surface area contributed by atoms with Crippen molar-refractivity contribution < 1.29 is 18.0 Å². The zero-order valence-electron chi connectivity index (χ0n) is 12.1. The van der Waals surface area contributed by atoms with Crippen molar-refractivity contribution in [1.82, 2.24) is 0 Å². The maximum Gasteiger partial charge on any atom is 0.416 e. The molecule has 0 amide bonds. The van der Waals surface area contributed by atoms with Gasteiger partial charge in [0.05, 0.1) is 11.8 Å². The molecule has 0 aromatic heterocycles. The number of aryl methyl sites for hydroxylation is 1. The van der Waals surface area contributed by atoms with Gasteiger partial charge in [0, 0.05) is 5.56 Å². The summed E-state index contributed by atoms with van der Waals surface area (Å²) in [6.45, 7) is 1.80. The summed E-state index contributed by atoms with van der Waals surface area (Å²) in [5.41, 5.74) is 1.37. The number of benzene rings is 2. The van der Waals surface area contributed by atoms with E-state index in [0.717, 1.165) is 23.6 Å². The summed E-state index contributed by atoms with van der Waals surface area (Å²) in [4.78, 5) is 5.03. The van der Waals surface area contributed by atoms with Gasteiger partial charge in [-0.25, -0.2) is 0 Å². The molecule has 0 aliphatic carbocycles. The van der Waals surface area contributed by atoms with Gasteiger partial charge in [-0.15, -0.1) is 0 Å². The van der Waals surface area contributed by atoms with Gasteiger partial charge in [0.1, 0.15) is 6.61 Å². The third-order valence-corrected chi connectivity index (χ3v) is 3.25. The molecular formula is C17H16F3NO. The molecule has 0 saturated carbocycles. The van der Waals surface area contributed by atoms with Crippen LogP contribution in [-0.2, 0) is 24.0 Å². The molecule has 0 bridgehead atoms. The first kappa shape index (κ1) is 16.1. The molecule has 0 unspecified atom stereocenters. The van der Waals surface area contributed by atoms with Crippen LogP contribution in [0, 0.1) is 0 Å². The molecule has 0 aliphatic rings. The number of hydrogen-bond donors (Lipinski definition) is 0. The van der Waals surface area contributed by atoms with E-state index in [2.05, 4.69) is 5.16 Å². The van der Waals surface area contributed by atoms with Crippen molar-refractivity contribution in [3.05, 3.63) is 70.8 Å². The number of hydrogen-bond acceptors (Lipinski definition) is 2. The predicted octanol–water partition coefficient (Wildman–Crippen LogP) is 4.82. The van der Waals surface area contributed by atoms with Crippen LogP contribution >= 0.6 is 0 Å². The Morgan fingerprint density at radius 1 is 1.00 bits per heavy atom. The second-order valence-electron chi connectivity index (χ2n) is 4.72. The Kier molecular flexibility index (Phi) is 5.20. The molecule has 0 spiro atoms. The van der Waals surface area contributed by atoms with E-state index >= 15 is 0 Å². The Bertz CT molecular complexity index is 650. The second kappa shape index (κ2) is 7.11. The summed E-state index contributed by atoms with van der Waals surface area (Å²) >= 11 is 0. The van der Waals surface area contributed by atoms with Crippen LogP contribution in [0.25, 0.3) is 0 Å². The molecule has 0 radical (unpaired) electrons. The third kappa shape index (κ3) is 4.10. The molecule has 0 fully saturated rings. The zero-order chi connectivity index (χ0) is 16.0. The summed E-state index contributed by atoms with van der Waals surface area (Å²) in [5.74, 6) is 0. The maximum absolute atomic E-state index is 12.8. The molecule has 2 aromatic carbocycles. The van der Waals surface area contributed by atoms with Gasteiger partial charge in [-0.2, -0.15) is 13.2 Å². The van der Waals surface area contributed by atoms with Crippen LogP contribution < -0.4 is 0 Å². The van der Waals surface area contributed by atoms with Crippen LogP contribution in [0.15, 0.2) is 53.7 Å². The molecule has 116 valence electrons. The lowest BCUT2D eigenvalue weighted by Gasteiger charge is -2.11. The SMILES string of the molecule is CCc1ccccc1C=NOCc1ccccc1C(F)(F)F. The van der Waals surface area contributed by atoms with Crippen molar-refractivity contribution in [1.29, 1.82) is 0 Å². The highest BCUT2D eigenvalue weighted by molar-refractivity contribution is 5.81. The monoisotopic (exact) mass is 307 g/mol. The van der Waals surface area contributed by atoms with Crippen LogP contribution in [0.4, 0.5) is 13.2 Å². The van der Waals surface area contributed by atoms with Gasteiger partial charge in [-0.1, -0.05) is 54.5 Å². The fraction of sp³-hybridized carbons (Fsp3) is 0.235. The lowest BCUT2D eigenvalue weighted by atomic mass is 10.1. The summed E-state index contributed by atoms with van der Waals surface area (Å²) in [5, 5.41) is 3.78. The van der Waals surface area contributed by atoms with E-state index in [1.807, 2.05) is 31.2 Å². The number of nitrogens with zero attached hydrogens (tertiary/aromatic N) is 1. The lowest BCUT2D eigenvalue weighted by molar-refractivity contribution is -0.138. The summed E-state index contributed by atoms with van der Waals surface area (Å²) in [6, 6.07) is 13.0. The minimum absolute atomic E-state index is 0.0657. The molecular weight excluding hydrogens is 291 g/mol. The van der Waals surface area contributed by atoms with Crippen LogP contribution in [0.3, 0.4) is 0 Å². The summed E-state index contributed by atoms with van der Waals surface area (Å²) in [6.07, 6.45) is -2.02. The maximum atomic E-state index is 12.8. The molecule has 0 N–H and O–H groups in total. The topological polar surface area (TPSA) is 21.6 Å². The summed E-state index contributed by atoms with van der Waals surface area (Å²) < 4.78 is 38.5. The highest BCUT2D eigenvalue weighted by Gasteiger charge is 2.32. The first-order valence-electron chi connectivity index (χ1n) is 6.90. The average Bonchev–Trinajstić information content (AvgIpc) is 2.51. The van der Waals surface area contributed by atoms with E-state index in [1.165, 1.54) is 18.3 Å². The highest BCUT2D eigenvalue weighted by atomic mass is 19.4. The largest absolute Gasteiger partial charge is 0.416 e. The molecule has 22 heavy (non-hydrogen) atoms. The zero-order valence-corrected chi connectivity index (χ0v) is 12.1. The smallest absolute Gasteiger partial charge is 0.391 e. The van der Waals surface area contributed by atoms with Gasteiger partial charge in [0.2, 0.25) is 0 Å². The molecule has 2 aromatic rings. The second-order valence-corrected chi connectivity index (χ2v) is 4.72. The van der Waals surface area contributed by atoms with Crippen molar-refractivity contribution in [2.24, 2.45) is 5.16 Å². The molecule has 2 rings (SSSR count). The Balaban J connectivity index is 2.04. The quantitative estimate of drug-likeness (QED) is 0.573. The van der Waals surface area contributed by atoms with Crippen LogP contribution in [0.2, 0.25) is 0 Å². The van der Waals surface area contributed by atoms with E-state index < -0.39 is 11.7 Å². The Morgan fingerprint density at radius 2 is 1.64 bits per heavy atom. The van der Waals surface area contributed by atoms with Crippen LogP contribution in [0.5, 0.6) is 0 Å². The Labute approximate surface area is 127 Å². The van der Waals surface area contributed by atoms with Gasteiger partial charge in [0.25, 0.3) is 0 Å². The minimum Gasteiger partial charge on any atom is -0.391 e. The van der Waals surface area contributed by atoms with E-state index in [4.69, 9.17) is 4.84 Å². The Morgan fingerprint density at radius 3 is 2.32 bits per heavy atom. The van der Waals surface area contributed by atoms with Gasteiger partial charge in [-0.05, 0) is 23.6 Å². The normalized spacial score (nSPS) is 11.8. The standard InChI is InChI=1S/C17H16F3NO/c1-2-13-7-3-4-8-14(13)11-21-22-12-15-9-5-6-10-16(15)17(18,19)20/h3-11H,2,12H2,1H3. The van der Waals surface area contributed by atoms with Crippen molar-refractivity contribution in [2.45, 2.75) is 26.1 Å². The fourth-order valence-electron chi connectivity index (χ4n) is 2.11. The van der Waals surface area contributed by atoms with Gasteiger partial charge in [0.15, 0.2) is 0 Å². The molecule has 0 atom stereocenters. The number of halogens is 3. The van der Waals surface area contributed by atoms with Crippen LogP contribution in [-0.4, -0.2) is 6.21 Å². The predicted molar refractivity (Wildman–Crippen MR) is 79.6 cm³/mol. The molecule has 0 heterocycles. The fourth-order valence-corrected chi connectivity index (χ4v) is 2.11. The third-order valence-electron chi connectivity index (χ3n) is 3.25. The molecule has 2 nitrogen and oxygen atoms in total. The van der Waals surface area contributed by atoms with Crippen molar-refractivity contribution in [3.8, 4) is 0 Å². The van der Waals surface area contributed by atoms with E-state index in [-0.39, 0.29) is 12.2 Å². The number of rotatable bonds is 5. The minimum atomic E-state index is -4.39. The van der Waals surface area contributed by atoms with Gasteiger partial charge < -0.3 is 4.84 Å². The van der Waals surface area contributed by atoms with Crippen molar-refractivity contribution >= 4 is 6.21 Å². The van der Waals surface area contributed by atoms with E-state index in [1.54, 1.807) is 6.07 Å². The lowest BCUT2D eigenvalue weighted by Crippen LogP contribution is -2.09. The Hall–Kier alpha value is -2.30.